The van der Waals surface area contributed by atoms with E-state index < -0.39 is 0 Å². The average Bonchev–Trinajstić information content (AvgIpc) is 2.54. The summed E-state index contributed by atoms with van der Waals surface area (Å²) < 4.78 is 5.33. The smallest absolute Gasteiger partial charge is 0.410 e. The molecule has 1 aromatic rings. The molecule has 1 amide bonds. The van der Waals surface area contributed by atoms with Crippen LogP contribution in [0, 0.1) is 0 Å². The molecule has 116 valence electrons. The number of nitrogens with one attached hydrogen (secondary N) is 1. The van der Waals surface area contributed by atoms with E-state index in [0.717, 1.165) is 18.4 Å². The molecule has 0 unspecified atom stereocenters. The van der Waals surface area contributed by atoms with Gasteiger partial charge in [-0.3, -0.25) is 0 Å². The van der Waals surface area contributed by atoms with Gasteiger partial charge >= 0.3 is 6.09 Å². The lowest BCUT2D eigenvalue weighted by Crippen LogP contribution is -2.48. The summed E-state index contributed by atoms with van der Waals surface area (Å²) in [5.74, 6) is 0. The molecule has 1 saturated heterocycles. The minimum atomic E-state index is -0.243. The number of aliphatic hydroxyl groups is 1. The van der Waals surface area contributed by atoms with E-state index in [2.05, 4.69) is 5.32 Å². The van der Waals surface area contributed by atoms with Crippen LogP contribution in [-0.2, 0) is 11.3 Å². The van der Waals surface area contributed by atoms with Crippen molar-refractivity contribution >= 4 is 6.09 Å². The molecule has 1 aliphatic rings. The highest BCUT2D eigenvalue weighted by molar-refractivity contribution is 5.67. The number of hydrogen-bond donors (Lipinski definition) is 2. The molecule has 0 saturated carbocycles. The maximum Gasteiger partial charge on any atom is 0.410 e. The van der Waals surface area contributed by atoms with Crippen molar-refractivity contribution in [3.63, 3.8) is 0 Å². The predicted molar refractivity (Wildman–Crippen MR) is 80.9 cm³/mol. The zero-order chi connectivity index (χ0) is 15.1. The van der Waals surface area contributed by atoms with E-state index in [1.54, 1.807) is 4.90 Å². The molecular formula is C16H24N2O3. The van der Waals surface area contributed by atoms with Gasteiger partial charge in [-0.25, -0.2) is 4.79 Å². The van der Waals surface area contributed by atoms with Crippen LogP contribution in [0.5, 0.6) is 0 Å². The van der Waals surface area contributed by atoms with Crippen molar-refractivity contribution in [3.8, 4) is 0 Å². The number of carbonyl (C=O) groups is 1. The summed E-state index contributed by atoms with van der Waals surface area (Å²) in [6, 6.07) is 10.2. The molecule has 0 spiro atoms. The van der Waals surface area contributed by atoms with E-state index in [-0.39, 0.29) is 18.7 Å². The molecule has 0 aromatic heterocycles. The van der Waals surface area contributed by atoms with E-state index >= 15 is 0 Å². The fourth-order valence-electron chi connectivity index (χ4n) is 2.49. The Labute approximate surface area is 125 Å². The van der Waals surface area contributed by atoms with E-state index in [4.69, 9.17) is 9.84 Å². The summed E-state index contributed by atoms with van der Waals surface area (Å²) in [6.07, 6.45) is 1.54. The molecule has 0 bridgehead atoms. The van der Waals surface area contributed by atoms with Gasteiger partial charge in [-0.1, -0.05) is 30.3 Å². The molecule has 2 N–H and O–H groups in total. The van der Waals surface area contributed by atoms with Crippen LogP contribution in [0.15, 0.2) is 30.3 Å². The number of benzene rings is 1. The van der Waals surface area contributed by atoms with Crippen molar-refractivity contribution in [1.82, 2.24) is 10.2 Å². The summed E-state index contributed by atoms with van der Waals surface area (Å²) in [6.45, 7) is 3.81. The molecule has 2 rings (SSSR count). The lowest BCUT2D eigenvalue weighted by Gasteiger charge is -2.33. The SMILES string of the molecule is C[C@@H](CO)NC1CCN(C(=O)OCc2ccccc2)CC1. The molecule has 1 atom stereocenters. The molecule has 0 radical (unpaired) electrons. The van der Waals surface area contributed by atoms with Crippen LogP contribution in [0.25, 0.3) is 0 Å². The molecule has 5 heteroatoms. The maximum atomic E-state index is 12.0. The van der Waals surface area contributed by atoms with Gasteiger partial charge in [-0.15, -0.1) is 0 Å². The zero-order valence-corrected chi connectivity index (χ0v) is 12.5. The molecule has 5 nitrogen and oxygen atoms in total. The van der Waals surface area contributed by atoms with Crippen molar-refractivity contribution < 1.29 is 14.6 Å². The number of rotatable bonds is 5. The van der Waals surface area contributed by atoms with E-state index in [0.29, 0.717) is 25.7 Å². The molecule has 1 fully saturated rings. The second-order valence-corrected chi connectivity index (χ2v) is 5.55. The quantitative estimate of drug-likeness (QED) is 0.868. The van der Waals surface area contributed by atoms with Gasteiger partial charge in [0.1, 0.15) is 6.61 Å². The third kappa shape index (κ3) is 5.02. The molecule has 21 heavy (non-hydrogen) atoms. The summed E-state index contributed by atoms with van der Waals surface area (Å²) in [4.78, 5) is 13.8. The normalized spacial score (nSPS) is 17.5. The van der Waals surface area contributed by atoms with Crippen molar-refractivity contribution in [1.29, 1.82) is 0 Å². The third-order valence-electron chi connectivity index (χ3n) is 3.75. The topological polar surface area (TPSA) is 61.8 Å². The fourth-order valence-corrected chi connectivity index (χ4v) is 2.49. The van der Waals surface area contributed by atoms with Crippen LogP contribution < -0.4 is 5.32 Å². The van der Waals surface area contributed by atoms with Crippen LogP contribution in [0.4, 0.5) is 4.79 Å². The number of amides is 1. The molecule has 1 aromatic carbocycles. The Bertz CT molecular complexity index is 430. The highest BCUT2D eigenvalue weighted by Gasteiger charge is 2.24. The van der Waals surface area contributed by atoms with Crippen LogP contribution in [-0.4, -0.2) is 47.9 Å². The zero-order valence-electron chi connectivity index (χ0n) is 12.5. The van der Waals surface area contributed by atoms with Crippen molar-refractivity contribution in [2.75, 3.05) is 19.7 Å². The minimum absolute atomic E-state index is 0.103. The number of hydrogen-bond acceptors (Lipinski definition) is 4. The third-order valence-corrected chi connectivity index (χ3v) is 3.75. The van der Waals surface area contributed by atoms with Crippen LogP contribution >= 0.6 is 0 Å². The number of carbonyl (C=O) groups excluding carboxylic acids is 1. The lowest BCUT2D eigenvalue weighted by molar-refractivity contribution is 0.0837. The number of likely N-dealkylation sites (tertiary alicyclic amines) is 1. The Morgan fingerprint density at radius 1 is 1.38 bits per heavy atom. The van der Waals surface area contributed by atoms with Crippen LogP contribution in [0.1, 0.15) is 25.3 Å². The Kier molecular flexibility index (Phi) is 6.02. The summed E-state index contributed by atoms with van der Waals surface area (Å²) >= 11 is 0. The Morgan fingerprint density at radius 3 is 2.67 bits per heavy atom. The fraction of sp³-hybridized carbons (Fsp3) is 0.562. The van der Waals surface area contributed by atoms with Crippen molar-refractivity contribution in [2.24, 2.45) is 0 Å². The number of aliphatic hydroxyl groups excluding tert-OH is 1. The van der Waals surface area contributed by atoms with E-state index in [9.17, 15) is 4.79 Å². The summed E-state index contributed by atoms with van der Waals surface area (Å²) in [5.41, 5.74) is 0.999. The monoisotopic (exact) mass is 292 g/mol. The average molecular weight is 292 g/mol. The van der Waals surface area contributed by atoms with E-state index in [1.165, 1.54) is 0 Å². The van der Waals surface area contributed by atoms with Crippen LogP contribution in [0.3, 0.4) is 0 Å². The number of ether oxygens (including phenoxy) is 1. The van der Waals surface area contributed by atoms with Gasteiger partial charge in [-0.05, 0) is 25.3 Å². The maximum absolute atomic E-state index is 12.0. The first-order valence-corrected chi connectivity index (χ1v) is 7.51. The first kappa shape index (κ1) is 15.8. The highest BCUT2D eigenvalue weighted by atomic mass is 16.6. The molecule has 1 heterocycles. The van der Waals surface area contributed by atoms with Gasteiger partial charge in [0.15, 0.2) is 0 Å². The second kappa shape index (κ2) is 8.00. The van der Waals surface area contributed by atoms with Gasteiger partial charge in [0.05, 0.1) is 6.61 Å². The van der Waals surface area contributed by atoms with Gasteiger partial charge in [0.25, 0.3) is 0 Å². The first-order chi connectivity index (χ1) is 10.2. The van der Waals surface area contributed by atoms with Crippen molar-refractivity contribution in [3.05, 3.63) is 35.9 Å². The van der Waals surface area contributed by atoms with Crippen LogP contribution in [0.2, 0.25) is 0 Å². The van der Waals surface area contributed by atoms with Gasteiger partial charge in [-0.2, -0.15) is 0 Å². The highest BCUT2D eigenvalue weighted by Crippen LogP contribution is 2.13. The van der Waals surface area contributed by atoms with Gasteiger partial charge in [0.2, 0.25) is 0 Å². The van der Waals surface area contributed by atoms with Crippen molar-refractivity contribution in [2.45, 2.75) is 38.5 Å². The number of piperidine rings is 1. The van der Waals surface area contributed by atoms with Gasteiger partial charge in [0, 0.05) is 25.2 Å². The predicted octanol–water partition coefficient (Wildman–Crippen LogP) is 1.76. The Morgan fingerprint density at radius 2 is 2.05 bits per heavy atom. The first-order valence-electron chi connectivity index (χ1n) is 7.51. The summed E-state index contributed by atoms with van der Waals surface area (Å²) in [7, 11) is 0. The van der Waals surface area contributed by atoms with Gasteiger partial charge < -0.3 is 20.1 Å². The molecule has 1 aliphatic heterocycles. The Balaban J connectivity index is 1.70. The number of nitrogens with zero attached hydrogens (tertiary/aromatic N) is 1. The largest absolute Gasteiger partial charge is 0.445 e. The minimum Gasteiger partial charge on any atom is -0.445 e. The van der Waals surface area contributed by atoms with E-state index in [1.807, 2.05) is 37.3 Å². The lowest BCUT2D eigenvalue weighted by atomic mass is 10.0. The standard InChI is InChI=1S/C16H24N2O3/c1-13(11-19)17-15-7-9-18(10-8-15)16(20)21-12-14-5-3-2-4-6-14/h2-6,13,15,17,19H,7-12H2,1H3/t13-/m0/s1. The molecule has 0 aliphatic carbocycles. The second-order valence-electron chi connectivity index (χ2n) is 5.55. The molecular weight excluding hydrogens is 268 g/mol. The Hall–Kier alpha value is -1.59. The summed E-state index contributed by atoms with van der Waals surface area (Å²) in [5, 5.41) is 12.4.